The zero-order chi connectivity index (χ0) is 23.4. The number of carbonyl (C=O) groups excluding carboxylic acids is 1. The minimum Gasteiger partial charge on any atom is -0.504 e. The molecule has 2 aliphatic rings. The summed E-state index contributed by atoms with van der Waals surface area (Å²) in [7, 11) is 0. The molecule has 0 unspecified atom stereocenters. The van der Waals surface area contributed by atoms with Gasteiger partial charge in [0.1, 0.15) is 0 Å². The van der Waals surface area contributed by atoms with E-state index in [0.717, 1.165) is 24.8 Å². The molecule has 1 aliphatic carbocycles. The molecule has 172 valence electrons. The van der Waals surface area contributed by atoms with Crippen LogP contribution in [0.25, 0.3) is 0 Å². The van der Waals surface area contributed by atoms with E-state index in [-0.39, 0.29) is 34.5 Å². The molecule has 1 saturated heterocycles. The minimum absolute atomic E-state index is 0.0449. The number of hydrogen-bond acceptors (Lipinski definition) is 4. The molecular formula is C27H29NO5. The van der Waals surface area contributed by atoms with Crippen molar-refractivity contribution in [3.05, 3.63) is 59.2 Å². The first-order valence-corrected chi connectivity index (χ1v) is 11.5. The van der Waals surface area contributed by atoms with E-state index < -0.39 is 5.97 Å². The predicted octanol–water partition coefficient (Wildman–Crippen LogP) is 4.10. The van der Waals surface area contributed by atoms with Crippen LogP contribution in [0.1, 0.15) is 60.5 Å². The fraction of sp³-hybridized carbons (Fsp3) is 0.407. The topological polar surface area (TPSA) is 95.9 Å². The number of ether oxygens (including phenoxy) is 1. The van der Waals surface area contributed by atoms with Gasteiger partial charge in [-0.15, -0.1) is 0 Å². The van der Waals surface area contributed by atoms with E-state index >= 15 is 0 Å². The lowest BCUT2D eigenvalue weighted by Crippen LogP contribution is -2.33. The van der Waals surface area contributed by atoms with Crippen molar-refractivity contribution in [1.29, 1.82) is 0 Å². The molecule has 2 aromatic rings. The van der Waals surface area contributed by atoms with Gasteiger partial charge in [-0.25, -0.2) is 4.79 Å². The Kier molecular flexibility index (Phi) is 6.60. The Morgan fingerprint density at radius 3 is 2.61 bits per heavy atom. The molecular weight excluding hydrogens is 418 g/mol. The summed E-state index contributed by atoms with van der Waals surface area (Å²) in [5.41, 5.74) is 1.93. The lowest BCUT2D eigenvalue weighted by molar-refractivity contribution is -0.122. The number of phenols is 1. The molecule has 0 radical (unpaired) electrons. The number of amides is 1. The lowest BCUT2D eigenvalue weighted by atomic mass is 9.62. The molecule has 2 atom stereocenters. The molecule has 6 nitrogen and oxygen atoms in total. The maximum atomic E-state index is 12.3. The van der Waals surface area contributed by atoms with Crippen molar-refractivity contribution in [2.45, 2.75) is 44.4 Å². The van der Waals surface area contributed by atoms with E-state index in [0.29, 0.717) is 30.9 Å². The second kappa shape index (κ2) is 9.58. The molecule has 1 saturated carbocycles. The largest absolute Gasteiger partial charge is 0.504 e. The third-order valence-electron chi connectivity index (χ3n) is 7.14. The SMILES string of the molecule is CCC1(c2cccc(OC[C@H]3CNC(=O)[C@@H]3CC#Cc3ccc(C(=O)O)cc3)c2O)CCC1. The van der Waals surface area contributed by atoms with Crippen LogP contribution in [0.15, 0.2) is 42.5 Å². The highest BCUT2D eigenvalue weighted by Gasteiger charge is 2.39. The van der Waals surface area contributed by atoms with Gasteiger partial charge in [-0.2, -0.15) is 0 Å². The smallest absolute Gasteiger partial charge is 0.335 e. The normalized spacial score (nSPS) is 20.8. The number of benzene rings is 2. The molecule has 2 aromatic carbocycles. The summed E-state index contributed by atoms with van der Waals surface area (Å²) in [4.78, 5) is 23.3. The Labute approximate surface area is 194 Å². The third-order valence-corrected chi connectivity index (χ3v) is 7.14. The highest BCUT2D eigenvalue weighted by atomic mass is 16.5. The molecule has 4 rings (SSSR count). The Balaban J connectivity index is 1.40. The number of phenolic OH excluding ortho intramolecular Hbond substituents is 1. The lowest BCUT2D eigenvalue weighted by Gasteiger charge is -2.42. The van der Waals surface area contributed by atoms with Crippen molar-refractivity contribution in [3.8, 4) is 23.3 Å². The molecule has 0 spiro atoms. The number of rotatable bonds is 7. The Morgan fingerprint density at radius 2 is 1.97 bits per heavy atom. The molecule has 1 aliphatic heterocycles. The van der Waals surface area contributed by atoms with Crippen molar-refractivity contribution in [1.82, 2.24) is 5.32 Å². The van der Waals surface area contributed by atoms with Crippen LogP contribution >= 0.6 is 0 Å². The monoisotopic (exact) mass is 447 g/mol. The number of aromatic carboxylic acids is 1. The molecule has 33 heavy (non-hydrogen) atoms. The number of carboxylic acids is 1. The number of aromatic hydroxyl groups is 1. The van der Waals surface area contributed by atoms with Crippen molar-refractivity contribution >= 4 is 11.9 Å². The number of hydrogen-bond donors (Lipinski definition) is 3. The number of carbonyl (C=O) groups is 2. The molecule has 3 N–H and O–H groups in total. The summed E-state index contributed by atoms with van der Waals surface area (Å²) in [5.74, 6) is 5.37. The maximum Gasteiger partial charge on any atom is 0.335 e. The average Bonchev–Trinajstić information content (AvgIpc) is 3.13. The number of carboxylic acid groups (broad SMARTS) is 1. The van der Waals surface area contributed by atoms with Crippen LogP contribution in [0.2, 0.25) is 0 Å². The highest BCUT2D eigenvalue weighted by Crippen LogP contribution is 2.51. The molecule has 0 bridgehead atoms. The second-order valence-electron chi connectivity index (χ2n) is 8.95. The van der Waals surface area contributed by atoms with Crippen molar-refractivity contribution in [3.63, 3.8) is 0 Å². The first-order chi connectivity index (χ1) is 15.9. The van der Waals surface area contributed by atoms with Crippen LogP contribution in [-0.2, 0) is 10.2 Å². The standard InChI is InChI=1S/C27H29NO5/c1-2-27(14-5-15-27)22-8-4-9-23(24(22)29)33-17-20-16-28-25(30)21(20)7-3-6-18-10-12-19(13-11-18)26(31)32/h4,8-13,20-21,29H,2,5,7,14-17H2,1H3,(H,28,30)(H,31,32)/t20-,21-/m1/s1. The van der Waals surface area contributed by atoms with Gasteiger partial charge in [-0.1, -0.05) is 37.3 Å². The summed E-state index contributed by atoms with van der Waals surface area (Å²) in [6.45, 7) is 2.99. The van der Waals surface area contributed by atoms with Gasteiger partial charge in [-0.3, -0.25) is 4.79 Å². The van der Waals surface area contributed by atoms with Gasteiger partial charge in [-0.05, 0) is 55.0 Å². The van der Waals surface area contributed by atoms with Crippen LogP contribution in [0.3, 0.4) is 0 Å². The summed E-state index contributed by atoms with van der Waals surface area (Å²) >= 11 is 0. The van der Waals surface area contributed by atoms with E-state index in [1.54, 1.807) is 18.2 Å². The second-order valence-corrected chi connectivity index (χ2v) is 8.95. The molecule has 1 amide bonds. The summed E-state index contributed by atoms with van der Waals surface area (Å²) in [6, 6.07) is 12.0. The quantitative estimate of drug-likeness (QED) is 0.556. The van der Waals surface area contributed by atoms with Gasteiger partial charge in [0.2, 0.25) is 5.91 Å². The highest BCUT2D eigenvalue weighted by molar-refractivity contribution is 5.87. The van der Waals surface area contributed by atoms with Crippen LogP contribution in [0.5, 0.6) is 11.5 Å². The third kappa shape index (κ3) is 4.68. The average molecular weight is 448 g/mol. The van der Waals surface area contributed by atoms with Crippen LogP contribution in [0.4, 0.5) is 0 Å². The molecule has 6 heteroatoms. The summed E-state index contributed by atoms with van der Waals surface area (Å²) in [5, 5.41) is 22.7. The predicted molar refractivity (Wildman–Crippen MR) is 124 cm³/mol. The molecule has 1 heterocycles. The maximum absolute atomic E-state index is 12.3. The van der Waals surface area contributed by atoms with E-state index in [1.165, 1.54) is 18.6 Å². The first-order valence-electron chi connectivity index (χ1n) is 11.5. The first kappa shape index (κ1) is 22.7. The van der Waals surface area contributed by atoms with Crippen molar-refractivity contribution < 1.29 is 24.5 Å². The van der Waals surface area contributed by atoms with E-state index in [9.17, 15) is 14.7 Å². The Morgan fingerprint density at radius 1 is 1.21 bits per heavy atom. The van der Waals surface area contributed by atoms with Gasteiger partial charge < -0.3 is 20.3 Å². The Hall–Kier alpha value is -3.46. The fourth-order valence-corrected chi connectivity index (χ4v) is 4.79. The van der Waals surface area contributed by atoms with Crippen molar-refractivity contribution in [2.24, 2.45) is 11.8 Å². The van der Waals surface area contributed by atoms with Crippen LogP contribution in [-0.4, -0.2) is 35.2 Å². The molecule has 0 aromatic heterocycles. The van der Waals surface area contributed by atoms with Crippen molar-refractivity contribution in [2.75, 3.05) is 13.2 Å². The van der Waals surface area contributed by atoms with E-state index in [4.69, 9.17) is 9.84 Å². The van der Waals surface area contributed by atoms with E-state index in [2.05, 4.69) is 24.1 Å². The number of para-hydroxylation sites is 1. The van der Waals surface area contributed by atoms with Crippen LogP contribution in [0, 0.1) is 23.7 Å². The summed E-state index contributed by atoms with van der Waals surface area (Å²) < 4.78 is 6.00. The van der Waals surface area contributed by atoms with Crippen LogP contribution < -0.4 is 10.1 Å². The van der Waals surface area contributed by atoms with Gasteiger partial charge in [0.05, 0.1) is 18.1 Å². The van der Waals surface area contributed by atoms with Gasteiger partial charge in [0.25, 0.3) is 0 Å². The minimum atomic E-state index is -0.978. The van der Waals surface area contributed by atoms with Gasteiger partial charge in [0, 0.05) is 30.0 Å². The molecule has 2 fully saturated rings. The number of nitrogens with one attached hydrogen (secondary N) is 1. The summed E-state index contributed by atoms with van der Waals surface area (Å²) in [6.07, 6.45) is 4.72. The Bertz CT molecular complexity index is 1090. The van der Waals surface area contributed by atoms with Gasteiger partial charge in [0.15, 0.2) is 11.5 Å². The fourth-order valence-electron chi connectivity index (χ4n) is 4.79. The van der Waals surface area contributed by atoms with Gasteiger partial charge >= 0.3 is 5.97 Å². The zero-order valence-electron chi connectivity index (χ0n) is 18.8. The van der Waals surface area contributed by atoms with E-state index in [1.807, 2.05) is 12.1 Å². The zero-order valence-corrected chi connectivity index (χ0v) is 18.8.